The number of unbranched alkanes of at least 4 members (excludes halogenated alkanes) is 18. The maximum atomic E-state index is 12.7. The first-order chi connectivity index (χ1) is 25.6. The average molecular weight is 723 g/mol. The lowest BCUT2D eigenvalue weighted by atomic mass is 10.0. The number of esters is 1. The molecular formula is C48H82O4. The molecule has 0 bridgehead atoms. The third-order valence-electron chi connectivity index (χ3n) is 9.44. The summed E-state index contributed by atoms with van der Waals surface area (Å²) in [4.78, 5) is 23.3. The van der Waals surface area contributed by atoms with Crippen LogP contribution in [0.3, 0.4) is 0 Å². The van der Waals surface area contributed by atoms with Crippen LogP contribution in [-0.4, -0.2) is 23.1 Å². The maximum absolute atomic E-state index is 12.7. The zero-order valence-electron chi connectivity index (χ0n) is 34.1. The molecule has 0 heterocycles. The highest BCUT2D eigenvalue weighted by molar-refractivity contribution is 5.69. The van der Waals surface area contributed by atoms with Crippen LogP contribution in [0.1, 0.15) is 213 Å². The first-order valence-corrected chi connectivity index (χ1v) is 21.9. The molecule has 0 aromatic heterocycles. The summed E-state index contributed by atoms with van der Waals surface area (Å²) in [6.07, 6.45) is 60.8. The predicted molar refractivity (Wildman–Crippen MR) is 227 cm³/mol. The van der Waals surface area contributed by atoms with Crippen LogP contribution in [0.15, 0.2) is 72.9 Å². The topological polar surface area (TPSA) is 63.6 Å². The van der Waals surface area contributed by atoms with Crippen LogP contribution < -0.4 is 0 Å². The van der Waals surface area contributed by atoms with Crippen molar-refractivity contribution in [3.63, 3.8) is 0 Å². The molecule has 4 heteroatoms. The molecule has 0 amide bonds. The summed E-state index contributed by atoms with van der Waals surface area (Å²) in [5.41, 5.74) is 0. The monoisotopic (exact) mass is 723 g/mol. The summed E-state index contributed by atoms with van der Waals surface area (Å²) < 4.78 is 6.04. The van der Waals surface area contributed by atoms with Crippen molar-refractivity contribution >= 4 is 11.9 Å². The minimum atomic E-state index is -0.678. The second-order valence-corrected chi connectivity index (χ2v) is 14.5. The van der Waals surface area contributed by atoms with Gasteiger partial charge in [-0.1, -0.05) is 183 Å². The Labute approximate surface area is 322 Å². The summed E-state index contributed by atoms with van der Waals surface area (Å²) in [6.45, 7) is 4.43. The Morgan fingerprint density at radius 1 is 0.442 bits per heavy atom. The predicted octanol–water partition coefficient (Wildman–Crippen LogP) is 15.5. The van der Waals surface area contributed by atoms with Crippen LogP contribution in [-0.2, 0) is 14.3 Å². The Morgan fingerprint density at radius 2 is 0.808 bits per heavy atom. The lowest BCUT2D eigenvalue weighted by Gasteiger charge is -2.18. The molecule has 0 aliphatic heterocycles. The molecule has 1 atom stereocenters. The van der Waals surface area contributed by atoms with Gasteiger partial charge in [-0.05, 0) is 89.9 Å². The van der Waals surface area contributed by atoms with E-state index in [1.54, 1.807) is 0 Å². The number of carboxylic acids is 1. The molecule has 298 valence electrons. The number of hydrogen-bond acceptors (Lipinski definition) is 3. The van der Waals surface area contributed by atoms with E-state index < -0.39 is 5.97 Å². The van der Waals surface area contributed by atoms with Crippen LogP contribution in [0.25, 0.3) is 0 Å². The second kappa shape index (κ2) is 42.8. The van der Waals surface area contributed by atoms with E-state index in [0.717, 1.165) is 96.3 Å². The normalized spacial score (nSPS) is 13.0. The zero-order valence-corrected chi connectivity index (χ0v) is 34.1. The van der Waals surface area contributed by atoms with Crippen molar-refractivity contribution in [2.45, 2.75) is 219 Å². The standard InChI is InChI=1S/C48H82O4/c1-3-5-7-9-11-13-14-15-16-17-18-19-20-21-22-23-24-29-33-37-41-45-48(51)52-46(42-38-34-30-12-10-8-6-4-2)43-39-35-31-27-25-26-28-32-36-40-44-47(49)50/h5,7,11,13,15-16,18-19,21-22,24,29,46H,3-4,6,8-10,12,14,17,20,23,25-28,30-45H2,1-2H3,(H,49,50)/b7-5-,13-11-,16-15-,19-18-,22-21-,29-24-. The van der Waals surface area contributed by atoms with Gasteiger partial charge in [0.1, 0.15) is 6.10 Å². The number of carbonyl (C=O) groups excluding carboxylic acids is 1. The number of allylic oxidation sites excluding steroid dienone is 12. The fourth-order valence-corrected chi connectivity index (χ4v) is 6.25. The summed E-state index contributed by atoms with van der Waals surface area (Å²) >= 11 is 0. The lowest BCUT2D eigenvalue weighted by molar-refractivity contribution is -0.150. The van der Waals surface area contributed by atoms with Gasteiger partial charge in [-0.2, -0.15) is 0 Å². The van der Waals surface area contributed by atoms with E-state index in [2.05, 4.69) is 86.8 Å². The van der Waals surface area contributed by atoms with E-state index in [0.29, 0.717) is 12.8 Å². The van der Waals surface area contributed by atoms with E-state index in [4.69, 9.17) is 9.84 Å². The molecule has 0 aromatic rings. The number of rotatable bonds is 39. The van der Waals surface area contributed by atoms with E-state index in [1.165, 1.54) is 89.9 Å². The maximum Gasteiger partial charge on any atom is 0.306 e. The molecule has 0 spiro atoms. The lowest BCUT2D eigenvalue weighted by Crippen LogP contribution is -2.18. The minimum absolute atomic E-state index is 0.00400. The van der Waals surface area contributed by atoms with Gasteiger partial charge in [-0.25, -0.2) is 0 Å². The first kappa shape index (κ1) is 49.4. The number of hydrogen-bond donors (Lipinski definition) is 1. The molecule has 0 saturated carbocycles. The van der Waals surface area contributed by atoms with Gasteiger partial charge in [0, 0.05) is 12.8 Å². The van der Waals surface area contributed by atoms with Crippen LogP contribution >= 0.6 is 0 Å². The number of aliphatic carboxylic acids is 1. The fourth-order valence-electron chi connectivity index (χ4n) is 6.25. The van der Waals surface area contributed by atoms with Crippen molar-refractivity contribution in [2.75, 3.05) is 0 Å². The van der Waals surface area contributed by atoms with E-state index >= 15 is 0 Å². The smallest absolute Gasteiger partial charge is 0.306 e. The number of carbonyl (C=O) groups is 2. The highest BCUT2D eigenvalue weighted by Crippen LogP contribution is 2.19. The van der Waals surface area contributed by atoms with Gasteiger partial charge in [0.15, 0.2) is 0 Å². The first-order valence-electron chi connectivity index (χ1n) is 21.9. The van der Waals surface area contributed by atoms with Crippen molar-refractivity contribution in [1.29, 1.82) is 0 Å². The van der Waals surface area contributed by atoms with Crippen molar-refractivity contribution in [2.24, 2.45) is 0 Å². The van der Waals surface area contributed by atoms with Gasteiger partial charge in [0.25, 0.3) is 0 Å². The molecule has 0 saturated heterocycles. The van der Waals surface area contributed by atoms with Gasteiger partial charge in [0.05, 0.1) is 0 Å². The van der Waals surface area contributed by atoms with Crippen molar-refractivity contribution in [3.05, 3.63) is 72.9 Å². The Kier molecular flexibility index (Phi) is 40.6. The van der Waals surface area contributed by atoms with Crippen LogP contribution in [0.5, 0.6) is 0 Å². The van der Waals surface area contributed by atoms with Gasteiger partial charge in [-0.3, -0.25) is 9.59 Å². The van der Waals surface area contributed by atoms with Crippen molar-refractivity contribution < 1.29 is 19.4 Å². The molecule has 0 aromatic carbocycles. The van der Waals surface area contributed by atoms with E-state index in [-0.39, 0.29) is 12.1 Å². The zero-order chi connectivity index (χ0) is 37.8. The largest absolute Gasteiger partial charge is 0.481 e. The molecular weight excluding hydrogens is 641 g/mol. The summed E-state index contributed by atoms with van der Waals surface area (Å²) in [7, 11) is 0. The molecule has 0 aliphatic rings. The quantitative estimate of drug-likeness (QED) is 0.0390. The highest BCUT2D eigenvalue weighted by atomic mass is 16.5. The Balaban J connectivity index is 4.11. The van der Waals surface area contributed by atoms with Gasteiger partial charge < -0.3 is 9.84 Å². The van der Waals surface area contributed by atoms with Gasteiger partial charge >= 0.3 is 11.9 Å². The SMILES string of the molecule is CC/C=C\C/C=C\C/C=C\C/C=C\C/C=C\C/C=C\CCCCC(=O)OC(CCCCCCCCCC)CCCCCCCCCCCCC(=O)O. The summed E-state index contributed by atoms with van der Waals surface area (Å²) in [6, 6.07) is 0. The van der Waals surface area contributed by atoms with Crippen LogP contribution in [0, 0.1) is 0 Å². The van der Waals surface area contributed by atoms with Gasteiger partial charge in [-0.15, -0.1) is 0 Å². The Hall–Kier alpha value is -2.62. The molecule has 52 heavy (non-hydrogen) atoms. The highest BCUT2D eigenvalue weighted by Gasteiger charge is 2.14. The van der Waals surface area contributed by atoms with Crippen LogP contribution in [0.2, 0.25) is 0 Å². The van der Waals surface area contributed by atoms with Crippen molar-refractivity contribution in [3.8, 4) is 0 Å². The van der Waals surface area contributed by atoms with E-state index in [9.17, 15) is 9.59 Å². The summed E-state index contributed by atoms with van der Waals surface area (Å²) in [5, 5.41) is 8.73. The Morgan fingerprint density at radius 3 is 1.23 bits per heavy atom. The molecule has 0 rings (SSSR count). The third-order valence-corrected chi connectivity index (χ3v) is 9.44. The molecule has 0 fully saturated rings. The molecule has 0 radical (unpaired) electrons. The van der Waals surface area contributed by atoms with Crippen molar-refractivity contribution in [1.82, 2.24) is 0 Å². The molecule has 1 N–H and O–H groups in total. The van der Waals surface area contributed by atoms with Gasteiger partial charge in [0.2, 0.25) is 0 Å². The Bertz CT molecular complexity index is 953. The molecule has 0 aliphatic carbocycles. The molecule has 4 nitrogen and oxygen atoms in total. The molecule has 1 unspecified atom stereocenters. The van der Waals surface area contributed by atoms with E-state index in [1.807, 2.05) is 0 Å². The summed E-state index contributed by atoms with van der Waals surface area (Å²) in [5.74, 6) is -0.682. The third kappa shape index (κ3) is 41.8. The fraction of sp³-hybridized carbons (Fsp3) is 0.708. The average Bonchev–Trinajstić information content (AvgIpc) is 3.13. The second-order valence-electron chi connectivity index (χ2n) is 14.5. The number of ether oxygens (including phenoxy) is 1. The number of carboxylic acid groups (broad SMARTS) is 1. The van der Waals surface area contributed by atoms with Crippen LogP contribution in [0.4, 0.5) is 0 Å². The minimum Gasteiger partial charge on any atom is -0.481 e.